The van der Waals surface area contributed by atoms with Gasteiger partial charge in [0.2, 0.25) is 0 Å². The van der Waals surface area contributed by atoms with Gasteiger partial charge in [0, 0.05) is 0 Å². The molecular formula is C12H14N2O4. The molecule has 0 bridgehead atoms. The second-order valence-corrected chi connectivity index (χ2v) is 3.40. The second-order valence-electron chi connectivity index (χ2n) is 3.40. The van der Waals surface area contributed by atoms with E-state index in [2.05, 4.69) is 0 Å². The smallest absolute Gasteiger partial charge is 0.319 e. The van der Waals surface area contributed by atoms with Crippen LogP contribution < -0.4 is 11.1 Å². The van der Waals surface area contributed by atoms with Gasteiger partial charge in [-0.05, 0) is 11.1 Å². The van der Waals surface area contributed by atoms with E-state index in [0.717, 1.165) is 0 Å². The van der Waals surface area contributed by atoms with Gasteiger partial charge in [-0.2, -0.15) is 0 Å². The zero-order valence-electron chi connectivity index (χ0n) is 9.84. The molecule has 18 heavy (non-hydrogen) atoms. The number of urea groups is 1. The molecule has 0 aliphatic rings. The van der Waals surface area contributed by atoms with E-state index in [0.29, 0.717) is 11.1 Å². The first-order chi connectivity index (χ1) is 8.60. The highest BCUT2D eigenvalue weighted by Gasteiger charge is 2.16. The van der Waals surface area contributed by atoms with Crippen LogP contribution in [0.5, 0.6) is 0 Å². The Morgan fingerprint density at radius 2 is 2.11 bits per heavy atom. The lowest BCUT2D eigenvalue weighted by Crippen LogP contribution is -2.35. The average Bonchev–Trinajstić information content (AvgIpc) is 2.35. The molecule has 6 heteroatoms. The molecule has 0 saturated carbocycles. The van der Waals surface area contributed by atoms with Gasteiger partial charge in [0.15, 0.2) is 0 Å². The van der Waals surface area contributed by atoms with Gasteiger partial charge in [-0.1, -0.05) is 24.3 Å². The number of primary amides is 1. The van der Waals surface area contributed by atoms with Crippen molar-refractivity contribution in [3.8, 4) is 0 Å². The summed E-state index contributed by atoms with van der Waals surface area (Å²) >= 11 is 0. The van der Waals surface area contributed by atoms with Crippen molar-refractivity contribution in [2.24, 2.45) is 5.73 Å². The normalized spacial score (nSPS) is 10.9. The van der Waals surface area contributed by atoms with Crippen molar-refractivity contribution >= 4 is 17.5 Å². The lowest BCUT2D eigenvalue weighted by Gasteiger charge is -2.10. The quantitative estimate of drug-likeness (QED) is 0.530. The minimum Gasteiger partial charge on any atom is -0.504 e. The van der Waals surface area contributed by atoms with E-state index in [1.165, 1.54) is 13.4 Å². The van der Waals surface area contributed by atoms with E-state index in [1.54, 1.807) is 24.3 Å². The molecule has 4 N–H and O–H groups in total. The van der Waals surface area contributed by atoms with Crippen molar-refractivity contribution in [2.75, 3.05) is 7.11 Å². The molecule has 0 spiro atoms. The third-order valence-electron chi connectivity index (χ3n) is 2.19. The molecule has 0 aliphatic carbocycles. The summed E-state index contributed by atoms with van der Waals surface area (Å²) in [5, 5.41) is 11.2. The Hall–Kier alpha value is -2.34. The number of ether oxygens (including phenoxy) is 1. The molecule has 0 aliphatic heterocycles. The van der Waals surface area contributed by atoms with Crippen LogP contribution in [0, 0.1) is 0 Å². The van der Waals surface area contributed by atoms with Crippen molar-refractivity contribution in [2.45, 2.75) is 6.61 Å². The van der Waals surface area contributed by atoms with Crippen LogP contribution in [0.4, 0.5) is 4.79 Å². The molecule has 1 aromatic carbocycles. The Morgan fingerprint density at radius 1 is 1.44 bits per heavy atom. The molecule has 0 atom stereocenters. The number of nitrogens with one attached hydrogen (secondary N) is 1. The Morgan fingerprint density at radius 3 is 2.67 bits per heavy atom. The maximum absolute atomic E-state index is 11.8. The fourth-order valence-corrected chi connectivity index (χ4v) is 1.46. The molecule has 0 aromatic heterocycles. The summed E-state index contributed by atoms with van der Waals surface area (Å²) in [5.74, 6) is -0.690. The highest BCUT2D eigenvalue weighted by atomic mass is 16.5. The van der Waals surface area contributed by atoms with Gasteiger partial charge in [-0.15, -0.1) is 0 Å². The van der Waals surface area contributed by atoms with Crippen molar-refractivity contribution in [1.29, 1.82) is 0 Å². The number of carbonyl (C=O) groups excluding carboxylic acids is 2. The topological polar surface area (TPSA) is 102 Å². The fourth-order valence-electron chi connectivity index (χ4n) is 1.46. The van der Waals surface area contributed by atoms with Gasteiger partial charge in [-0.25, -0.2) is 4.79 Å². The van der Waals surface area contributed by atoms with Gasteiger partial charge in [-0.3, -0.25) is 10.1 Å². The number of imide groups is 1. The van der Waals surface area contributed by atoms with Crippen LogP contribution in [0.1, 0.15) is 11.1 Å². The summed E-state index contributed by atoms with van der Waals surface area (Å²) in [6, 6.07) is 5.78. The van der Waals surface area contributed by atoms with E-state index in [-0.39, 0.29) is 12.2 Å². The number of hydrogen-bond acceptors (Lipinski definition) is 4. The molecule has 6 nitrogen and oxygen atoms in total. The van der Waals surface area contributed by atoms with Gasteiger partial charge in [0.25, 0.3) is 5.91 Å². The maximum atomic E-state index is 11.8. The molecule has 96 valence electrons. The van der Waals surface area contributed by atoms with E-state index >= 15 is 0 Å². The molecule has 0 unspecified atom stereocenters. The summed E-state index contributed by atoms with van der Waals surface area (Å²) in [5.41, 5.74) is 6.01. The number of aliphatic hydroxyl groups is 1. The Kier molecular flexibility index (Phi) is 4.89. The van der Waals surface area contributed by atoms with E-state index < -0.39 is 11.9 Å². The van der Waals surface area contributed by atoms with Crippen LogP contribution in [-0.2, 0) is 16.1 Å². The monoisotopic (exact) mass is 250 g/mol. The summed E-state index contributed by atoms with van der Waals surface area (Å²) in [6.45, 7) is -0.235. The zero-order chi connectivity index (χ0) is 13.5. The lowest BCUT2D eigenvalue weighted by atomic mass is 10.0. The number of benzene rings is 1. The number of rotatable bonds is 4. The molecule has 0 radical (unpaired) electrons. The van der Waals surface area contributed by atoms with Crippen LogP contribution in [-0.4, -0.2) is 24.2 Å². The van der Waals surface area contributed by atoms with E-state index in [1.807, 2.05) is 5.32 Å². The Bertz CT molecular complexity index is 483. The third-order valence-corrected chi connectivity index (χ3v) is 2.19. The third kappa shape index (κ3) is 3.33. The summed E-state index contributed by atoms with van der Waals surface area (Å²) in [4.78, 5) is 22.4. The predicted octanol–water partition coefficient (Wildman–Crippen LogP) is 0.361. The van der Waals surface area contributed by atoms with E-state index in [4.69, 9.17) is 10.5 Å². The minimum atomic E-state index is -0.955. The molecular weight excluding hydrogens is 236 g/mol. The van der Waals surface area contributed by atoms with Crippen molar-refractivity contribution in [3.05, 3.63) is 41.7 Å². The number of aliphatic hydroxyl groups excluding tert-OH is 1. The fraction of sp³-hybridized carbons (Fsp3) is 0.167. The largest absolute Gasteiger partial charge is 0.504 e. The zero-order valence-corrected chi connectivity index (χ0v) is 9.84. The summed E-state index contributed by atoms with van der Waals surface area (Å²) < 4.78 is 4.80. The SMILES string of the molecule is CO/C=C(/C(=O)NC(N)=O)c1ccccc1CO. The lowest BCUT2D eigenvalue weighted by molar-refractivity contribution is -0.114. The molecule has 0 fully saturated rings. The van der Waals surface area contributed by atoms with Gasteiger partial charge < -0.3 is 15.6 Å². The Labute approximate surface area is 104 Å². The van der Waals surface area contributed by atoms with E-state index in [9.17, 15) is 14.7 Å². The molecule has 0 saturated heterocycles. The van der Waals surface area contributed by atoms with Crippen LogP contribution in [0.25, 0.3) is 5.57 Å². The highest BCUT2D eigenvalue weighted by molar-refractivity contribution is 6.23. The molecule has 3 amide bonds. The summed E-state index contributed by atoms with van der Waals surface area (Å²) in [6.07, 6.45) is 1.19. The minimum absolute atomic E-state index is 0.112. The van der Waals surface area contributed by atoms with Crippen LogP contribution in [0.3, 0.4) is 0 Å². The number of amides is 3. The summed E-state index contributed by atoms with van der Waals surface area (Å²) in [7, 11) is 1.37. The van der Waals surface area contributed by atoms with Gasteiger partial charge in [0.05, 0.1) is 25.6 Å². The molecule has 1 aromatic rings. The van der Waals surface area contributed by atoms with Crippen molar-refractivity contribution < 1.29 is 19.4 Å². The first-order valence-corrected chi connectivity index (χ1v) is 5.13. The number of methoxy groups -OCH3 is 1. The van der Waals surface area contributed by atoms with Crippen LogP contribution in [0.2, 0.25) is 0 Å². The second kappa shape index (κ2) is 6.41. The number of carbonyl (C=O) groups is 2. The average molecular weight is 250 g/mol. The van der Waals surface area contributed by atoms with Crippen LogP contribution in [0.15, 0.2) is 30.5 Å². The highest BCUT2D eigenvalue weighted by Crippen LogP contribution is 2.19. The van der Waals surface area contributed by atoms with Crippen LogP contribution >= 0.6 is 0 Å². The van der Waals surface area contributed by atoms with Gasteiger partial charge in [0.1, 0.15) is 0 Å². The first-order valence-electron chi connectivity index (χ1n) is 5.13. The van der Waals surface area contributed by atoms with Crippen molar-refractivity contribution in [1.82, 2.24) is 5.32 Å². The first kappa shape index (κ1) is 13.7. The molecule has 0 heterocycles. The predicted molar refractivity (Wildman–Crippen MR) is 65.1 cm³/mol. The number of hydrogen-bond donors (Lipinski definition) is 3. The number of nitrogens with two attached hydrogens (primary N) is 1. The molecule has 1 rings (SSSR count). The maximum Gasteiger partial charge on any atom is 0.319 e. The Balaban J connectivity index is 3.16. The van der Waals surface area contributed by atoms with Gasteiger partial charge >= 0.3 is 6.03 Å². The van der Waals surface area contributed by atoms with Crippen molar-refractivity contribution in [3.63, 3.8) is 0 Å². The standard InChI is InChI=1S/C12H14N2O4/c1-18-7-10(11(16)14-12(13)17)9-5-3-2-4-8(9)6-15/h2-5,7,15H,6H2,1H3,(H3,13,14,16,17)/b10-7+.